The lowest BCUT2D eigenvalue weighted by Gasteiger charge is -2.14. The summed E-state index contributed by atoms with van der Waals surface area (Å²) in [5.41, 5.74) is 2.01. The first-order valence-electron chi connectivity index (χ1n) is 7.50. The highest BCUT2D eigenvalue weighted by atomic mass is 19.3. The number of anilines is 1. The summed E-state index contributed by atoms with van der Waals surface area (Å²) in [6.07, 6.45) is 0.935. The highest BCUT2D eigenvalue weighted by Gasteiger charge is 2.17. The van der Waals surface area contributed by atoms with Gasteiger partial charge in [0, 0.05) is 41.5 Å². The number of nitrogens with one attached hydrogen (secondary N) is 1. The van der Waals surface area contributed by atoms with Crippen molar-refractivity contribution < 1.29 is 8.78 Å². The molecule has 0 fully saturated rings. The second-order valence-electron chi connectivity index (χ2n) is 5.73. The van der Waals surface area contributed by atoms with E-state index in [-0.39, 0.29) is 5.56 Å². The molecular weight excluding hydrogens is 312 g/mol. The van der Waals surface area contributed by atoms with Crippen LogP contribution in [0.1, 0.15) is 12.0 Å². The Balaban J connectivity index is 1.75. The van der Waals surface area contributed by atoms with Crippen molar-refractivity contribution in [1.82, 2.24) is 14.9 Å². The first-order chi connectivity index (χ1) is 11.6. The van der Waals surface area contributed by atoms with Crippen molar-refractivity contribution in [3.63, 3.8) is 0 Å². The Morgan fingerprint density at radius 3 is 2.79 bits per heavy atom. The average Bonchev–Trinajstić information content (AvgIpc) is 3.20. The van der Waals surface area contributed by atoms with Crippen LogP contribution < -0.4 is 5.01 Å². The third-order valence-corrected chi connectivity index (χ3v) is 3.99. The molecule has 0 radical (unpaired) electrons. The van der Waals surface area contributed by atoms with Crippen molar-refractivity contribution in [2.45, 2.75) is 6.43 Å². The number of hydrogen-bond donors (Lipinski definition) is 1. The number of nitrogens with zero attached hydrogens (tertiary/aromatic N) is 4. The van der Waals surface area contributed by atoms with Crippen LogP contribution in [-0.4, -0.2) is 34.9 Å². The Morgan fingerprint density at radius 1 is 1.21 bits per heavy atom. The van der Waals surface area contributed by atoms with E-state index in [1.54, 1.807) is 35.7 Å². The van der Waals surface area contributed by atoms with Crippen molar-refractivity contribution in [3.8, 4) is 11.3 Å². The monoisotopic (exact) mass is 327 g/mol. The summed E-state index contributed by atoms with van der Waals surface area (Å²) < 4.78 is 26.4. The molecule has 1 aliphatic rings. The molecule has 7 heteroatoms. The van der Waals surface area contributed by atoms with Crippen molar-refractivity contribution in [3.05, 3.63) is 48.2 Å². The van der Waals surface area contributed by atoms with Gasteiger partial charge in [-0.1, -0.05) is 24.3 Å². The van der Waals surface area contributed by atoms with E-state index in [4.69, 9.17) is 0 Å². The molecule has 4 rings (SSSR count). The fourth-order valence-electron chi connectivity index (χ4n) is 2.80. The molecule has 3 aromatic rings. The van der Waals surface area contributed by atoms with Gasteiger partial charge in [0.15, 0.2) is 5.82 Å². The van der Waals surface area contributed by atoms with E-state index in [1.807, 2.05) is 24.1 Å². The third kappa shape index (κ3) is 2.47. The zero-order chi connectivity index (χ0) is 16.7. The summed E-state index contributed by atoms with van der Waals surface area (Å²) in [5, 5.41) is 6.90. The van der Waals surface area contributed by atoms with Gasteiger partial charge in [-0.2, -0.15) is 5.10 Å². The zero-order valence-electron chi connectivity index (χ0n) is 12.9. The molecule has 24 heavy (non-hydrogen) atoms. The minimum atomic E-state index is -2.52. The first kappa shape index (κ1) is 14.6. The lowest BCUT2D eigenvalue weighted by atomic mass is 10.1. The molecule has 1 N–H and O–H groups in total. The SMILES string of the molecule is CN1C=NN(c2cc3[nH]c(-c4ccccc4C(F)F)cc3cn2)C1. The number of aromatic nitrogens is 2. The van der Waals surface area contributed by atoms with Gasteiger partial charge in [0.05, 0.1) is 5.52 Å². The Kier molecular flexibility index (Phi) is 3.41. The van der Waals surface area contributed by atoms with E-state index >= 15 is 0 Å². The maximum absolute atomic E-state index is 13.2. The zero-order valence-corrected chi connectivity index (χ0v) is 12.9. The van der Waals surface area contributed by atoms with Crippen LogP contribution in [0.15, 0.2) is 47.7 Å². The molecule has 0 bridgehead atoms. The lowest BCUT2D eigenvalue weighted by molar-refractivity contribution is 0.152. The van der Waals surface area contributed by atoms with E-state index in [1.165, 1.54) is 6.07 Å². The van der Waals surface area contributed by atoms with Gasteiger partial charge in [-0.3, -0.25) is 0 Å². The van der Waals surface area contributed by atoms with Gasteiger partial charge in [0.2, 0.25) is 0 Å². The molecule has 0 spiro atoms. The predicted octanol–water partition coefficient (Wildman–Crippen LogP) is 3.82. The predicted molar refractivity (Wildman–Crippen MR) is 90.1 cm³/mol. The van der Waals surface area contributed by atoms with Crippen LogP contribution in [0.4, 0.5) is 14.6 Å². The molecule has 2 aromatic heterocycles. The molecule has 0 saturated carbocycles. The summed E-state index contributed by atoms with van der Waals surface area (Å²) in [6, 6.07) is 10.2. The molecule has 0 saturated heterocycles. The Hall–Kier alpha value is -2.96. The number of fused-ring (bicyclic) bond motifs is 1. The third-order valence-electron chi connectivity index (χ3n) is 3.99. The fraction of sp³-hybridized carbons (Fsp3) is 0.176. The quantitative estimate of drug-likeness (QED) is 0.795. The van der Waals surface area contributed by atoms with Crippen LogP contribution in [0, 0.1) is 0 Å². The summed E-state index contributed by atoms with van der Waals surface area (Å²) >= 11 is 0. The van der Waals surface area contributed by atoms with Crippen LogP contribution in [-0.2, 0) is 0 Å². The standard InChI is InChI=1S/C17H15F2N5/c1-23-9-21-24(10-23)16-7-14-11(8-20-16)6-15(22-14)12-4-2-3-5-13(12)17(18)19/h2-9,17,22H,10H2,1H3. The second-order valence-corrected chi connectivity index (χ2v) is 5.73. The van der Waals surface area contributed by atoms with Gasteiger partial charge >= 0.3 is 0 Å². The number of alkyl halides is 2. The Labute approximate surface area is 137 Å². The van der Waals surface area contributed by atoms with E-state index < -0.39 is 6.43 Å². The highest BCUT2D eigenvalue weighted by Crippen LogP contribution is 2.32. The number of benzene rings is 1. The Bertz CT molecular complexity index is 918. The number of hydrogen-bond acceptors (Lipinski definition) is 4. The minimum Gasteiger partial charge on any atom is -0.354 e. The summed E-state index contributed by atoms with van der Waals surface area (Å²) in [6.45, 7) is 0.625. The van der Waals surface area contributed by atoms with Crippen molar-refractivity contribution in [2.75, 3.05) is 18.7 Å². The van der Waals surface area contributed by atoms with Crippen molar-refractivity contribution >= 4 is 23.1 Å². The van der Waals surface area contributed by atoms with Gasteiger partial charge in [-0.25, -0.2) is 18.8 Å². The largest absolute Gasteiger partial charge is 0.354 e. The summed E-state index contributed by atoms with van der Waals surface area (Å²) in [7, 11) is 1.93. The normalized spacial score (nSPS) is 14.3. The van der Waals surface area contributed by atoms with Gasteiger partial charge in [-0.05, 0) is 6.07 Å². The second kappa shape index (κ2) is 5.59. The highest BCUT2D eigenvalue weighted by molar-refractivity contribution is 5.87. The van der Waals surface area contributed by atoms with Crippen LogP contribution in [0.5, 0.6) is 0 Å². The average molecular weight is 327 g/mol. The van der Waals surface area contributed by atoms with Gasteiger partial charge in [0.1, 0.15) is 13.0 Å². The van der Waals surface area contributed by atoms with E-state index in [0.717, 1.165) is 10.9 Å². The van der Waals surface area contributed by atoms with Crippen LogP contribution >= 0.6 is 0 Å². The molecule has 0 atom stereocenters. The van der Waals surface area contributed by atoms with Crippen LogP contribution in [0.3, 0.4) is 0 Å². The number of hydrazone groups is 1. The molecule has 0 amide bonds. The number of rotatable bonds is 3. The fourth-order valence-corrected chi connectivity index (χ4v) is 2.80. The van der Waals surface area contributed by atoms with E-state index in [0.29, 0.717) is 23.7 Å². The molecule has 0 aliphatic carbocycles. The number of aromatic amines is 1. The number of halogens is 2. The van der Waals surface area contributed by atoms with Crippen molar-refractivity contribution in [1.29, 1.82) is 0 Å². The van der Waals surface area contributed by atoms with Gasteiger partial charge in [-0.15, -0.1) is 0 Å². The van der Waals surface area contributed by atoms with Crippen molar-refractivity contribution in [2.24, 2.45) is 5.10 Å². The smallest absolute Gasteiger partial charge is 0.264 e. The topological polar surface area (TPSA) is 47.5 Å². The van der Waals surface area contributed by atoms with Gasteiger partial charge in [0.25, 0.3) is 6.43 Å². The molecule has 5 nitrogen and oxygen atoms in total. The maximum atomic E-state index is 13.2. The first-order valence-corrected chi connectivity index (χ1v) is 7.50. The molecule has 122 valence electrons. The molecular formula is C17H15F2N5. The van der Waals surface area contributed by atoms with E-state index in [9.17, 15) is 8.78 Å². The minimum absolute atomic E-state index is 0.0167. The molecule has 1 aromatic carbocycles. The number of pyridine rings is 1. The molecule has 0 unspecified atom stereocenters. The number of H-pyrrole nitrogens is 1. The maximum Gasteiger partial charge on any atom is 0.264 e. The van der Waals surface area contributed by atoms with E-state index in [2.05, 4.69) is 15.1 Å². The van der Waals surface area contributed by atoms with Gasteiger partial charge < -0.3 is 9.88 Å². The summed E-state index contributed by atoms with van der Waals surface area (Å²) in [5.74, 6) is 0.707. The Morgan fingerprint density at radius 2 is 2.04 bits per heavy atom. The van der Waals surface area contributed by atoms with Crippen LogP contribution in [0.25, 0.3) is 22.2 Å². The van der Waals surface area contributed by atoms with Crippen LogP contribution in [0.2, 0.25) is 0 Å². The lowest BCUT2D eigenvalue weighted by Crippen LogP contribution is -2.23. The molecule has 3 heterocycles. The molecule has 1 aliphatic heterocycles. The summed E-state index contributed by atoms with van der Waals surface area (Å²) in [4.78, 5) is 9.56.